The number of nitrogens with zero attached hydrogens (tertiary/aromatic N) is 4. The summed E-state index contributed by atoms with van der Waals surface area (Å²) in [5.74, 6) is 1.97. The van der Waals surface area contributed by atoms with E-state index in [0.29, 0.717) is 17.4 Å². The van der Waals surface area contributed by atoms with Gasteiger partial charge in [-0.2, -0.15) is 0 Å². The Bertz CT molecular complexity index is 697. The van der Waals surface area contributed by atoms with Crippen LogP contribution in [0.25, 0.3) is 0 Å². The van der Waals surface area contributed by atoms with Crippen LogP contribution in [0.3, 0.4) is 0 Å². The first-order valence-electron chi connectivity index (χ1n) is 8.80. The highest BCUT2D eigenvalue weighted by Crippen LogP contribution is 2.37. The Balaban J connectivity index is 1.40. The lowest BCUT2D eigenvalue weighted by molar-refractivity contribution is 0.0672. The predicted molar refractivity (Wildman–Crippen MR) is 90.6 cm³/mol. The number of hydrogen-bond donors (Lipinski definition) is 0. The molecule has 0 spiro atoms. The fourth-order valence-corrected chi connectivity index (χ4v) is 3.45. The third-order valence-electron chi connectivity index (χ3n) is 4.91. The van der Waals surface area contributed by atoms with Crippen molar-refractivity contribution in [1.82, 2.24) is 19.9 Å². The van der Waals surface area contributed by atoms with E-state index >= 15 is 0 Å². The summed E-state index contributed by atoms with van der Waals surface area (Å²) in [6.45, 7) is 1.63. The van der Waals surface area contributed by atoms with Gasteiger partial charge in [-0.25, -0.2) is 9.97 Å². The number of carbonyl (C=O) groups is 1. The highest BCUT2D eigenvalue weighted by molar-refractivity contribution is 5.93. The smallest absolute Gasteiger partial charge is 0.256 e. The van der Waals surface area contributed by atoms with Gasteiger partial charge in [0, 0.05) is 43.8 Å². The molecular weight excluding hydrogens is 300 g/mol. The third kappa shape index (κ3) is 3.45. The molecule has 5 nitrogen and oxygen atoms in total. The Morgan fingerprint density at radius 1 is 1.17 bits per heavy atom. The van der Waals surface area contributed by atoms with Crippen LogP contribution in [0.1, 0.15) is 53.3 Å². The number of piperidine rings is 1. The molecule has 24 heavy (non-hydrogen) atoms. The third-order valence-corrected chi connectivity index (χ3v) is 4.91. The SMILES string of the molecule is O=C(c1cnc(C2CC2)nc1)N1CCCC(Cc2cccnc2)C1. The first-order chi connectivity index (χ1) is 11.8. The van der Waals surface area contributed by atoms with Gasteiger partial charge in [0.1, 0.15) is 5.82 Å². The summed E-state index contributed by atoms with van der Waals surface area (Å²) in [5.41, 5.74) is 1.86. The molecule has 5 heteroatoms. The Hall–Kier alpha value is -2.30. The van der Waals surface area contributed by atoms with Crippen molar-refractivity contribution >= 4 is 5.91 Å². The number of pyridine rings is 1. The summed E-state index contributed by atoms with van der Waals surface area (Å²) in [5, 5.41) is 0. The van der Waals surface area contributed by atoms with Gasteiger partial charge in [0.25, 0.3) is 5.91 Å². The van der Waals surface area contributed by atoms with Crippen LogP contribution >= 0.6 is 0 Å². The second-order valence-corrected chi connectivity index (χ2v) is 6.93. The molecule has 2 aromatic rings. The minimum atomic E-state index is 0.0632. The molecule has 1 unspecified atom stereocenters. The van der Waals surface area contributed by atoms with Crippen molar-refractivity contribution in [2.75, 3.05) is 13.1 Å². The quantitative estimate of drug-likeness (QED) is 0.868. The lowest BCUT2D eigenvalue weighted by Crippen LogP contribution is -2.40. The molecule has 2 fully saturated rings. The first-order valence-corrected chi connectivity index (χ1v) is 8.80. The molecule has 4 rings (SSSR count). The standard InChI is InChI=1S/C19H22N4O/c24-19(17-11-21-18(22-12-17)16-5-6-16)23-8-2-4-15(13-23)9-14-3-1-7-20-10-14/h1,3,7,10-12,15-16H,2,4-6,8-9,13H2. The average Bonchev–Trinajstić information content (AvgIpc) is 3.48. The highest BCUT2D eigenvalue weighted by Gasteiger charge is 2.28. The van der Waals surface area contributed by atoms with Gasteiger partial charge >= 0.3 is 0 Å². The Morgan fingerprint density at radius 3 is 2.71 bits per heavy atom. The van der Waals surface area contributed by atoms with Crippen molar-refractivity contribution in [2.24, 2.45) is 5.92 Å². The minimum absolute atomic E-state index is 0.0632. The van der Waals surface area contributed by atoms with Crippen molar-refractivity contribution in [3.63, 3.8) is 0 Å². The van der Waals surface area contributed by atoms with Crippen LogP contribution < -0.4 is 0 Å². The van der Waals surface area contributed by atoms with Crippen LogP contribution in [0.4, 0.5) is 0 Å². The average molecular weight is 322 g/mol. The maximum Gasteiger partial charge on any atom is 0.256 e. The molecule has 1 saturated carbocycles. The first kappa shape index (κ1) is 15.2. The number of rotatable bonds is 4. The normalized spacial score (nSPS) is 20.8. The number of aromatic nitrogens is 3. The molecule has 1 amide bonds. The molecular formula is C19H22N4O. The van der Waals surface area contributed by atoms with E-state index in [-0.39, 0.29) is 5.91 Å². The summed E-state index contributed by atoms with van der Waals surface area (Å²) in [6, 6.07) is 4.08. The molecule has 3 heterocycles. The number of carbonyl (C=O) groups excluding carboxylic acids is 1. The van der Waals surface area contributed by atoms with Gasteiger partial charge in [-0.3, -0.25) is 9.78 Å². The molecule has 1 aliphatic carbocycles. The molecule has 0 radical (unpaired) electrons. The number of amides is 1. The van der Waals surface area contributed by atoms with E-state index in [0.717, 1.165) is 38.2 Å². The molecule has 1 aliphatic heterocycles. The zero-order valence-corrected chi connectivity index (χ0v) is 13.8. The maximum atomic E-state index is 12.7. The van der Waals surface area contributed by atoms with E-state index in [4.69, 9.17) is 0 Å². The van der Waals surface area contributed by atoms with Crippen molar-refractivity contribution in [1.29, 1.82) is 0 Å². The van der Waals surface area contributed by atoms with E-state index in [1.54, 1.807) is 18.6 Å². The summed E-state index contributed by atoms with van der Waals surface area (Å²) in [6.07, 6.45) is 12.7. The van der Waals surface area contributed by atoms with Gasteiger partial charge in [-0.05, 0) is 49.7 Å². The van der Waals surface area contributed by atoms with E-state index in [1.807, 2.05) is 17.2 Å². The van der Waals surface area contributed by atoms with Gasteiger partial charge in [0.15, 0.2) is 0 Å². The van der Waals surface area contributed by atoms with Gasteiger partial charge in [0.05, 0.1) is 5.56 Å². The van der Waals surface area contributed by atoms with Gasteiger partial charge in [-0.15, -0.1) is 0 Å². The predicted octanol–water partition coefficient (Wildman–Crippen LogP) is 2.84. The Kier molecular flexibility index (Phi) is 4.24. The summed E-state index contributed by atoms with van der Waals surface area (Å²) >= 11 is 0. The van der Waals surface area contributed by atoms with Crippen molar-refractivity contribution in [3.05, 3.63) is 53.9 Å². The molecule has 0 aromatic carbocycles. The largest absolute Gasteiger partial charge is 0.338 e. The van der Waals surface area contributed by atoms with E-state index in [1.165, 1.54) is 18.4 Å². The Labute approximate surface area is 142 Å². The molecule has 0 N–H and O–H groups in total. The zero-order chi connectivity index (χ0) is 16.4. The summed E-state index contributed by atoms with van der Waals surface area (Å²) in [7, 11) is 0. The summed E-state index contributed by atoms with van der Waals surface area (Å²) in [4.78, 5) is 27.6. The van der Waals surface area contributed by atoms with Gasteiger partial charge in [0.2, 0.25) is 0 Å². The zero-order valence-electron chi connectivity index (χ0n) is 13.8. The van der Waals surface area contributed by atoms with Crippen LogP contribution in [-0.2, 0) is 6.42 Å². The van der Waals surface area contributed by atoms with Crippen LogP contribution in [-0.4, -0.2) is 38.8 Å². The molecule has 1 atom stereocenters. The van der Waals surface area contributed by atoms with Crippen molar-refractivity contribution < 1.29 is 4.79 Å². The van der Waals surface area contributed by atoms with Crippen molar-refractivity contribution in [3.8, 4) is 0 Å². The minimum Gasteiger partial charge on any atom is -0.338 e. The molecule has 2 aromatic heterocycles. The lowest BCUT2D eigenvalue weighted by Gasteiger charge is -2.32. The molecule has 1 saturated heterocycles. The fraction of sp³-hybridized carbons (Fsp3) is 0.474. The second-order valence-electron chi connectivity index (χ2n) is 6.93. The molecule has 124 valence electrons. The molecule has 2 aliphatic rings. The monoisotopic (exact) mass is 322 g/mol. The van der Waals surface area contributed by atoms with E-state index < -0.39 is 0 Å². The highest BCUT2D eigenvalue weighted by atomic mass is 16.2. The van der Waals surface area contributed by atoms with Crippen molar-refractivity contribution in [2.45, 2.75) is 38.0 Å². The molecule has 0 bridgehead atoms. The Morgan fingerprint density at radius 2 is 2.00 bits per heavy atom. The maximum absolute atomic E-state index is 12.7. The van der Waals surface area contributed by atoms with Crippen LogP contribution in [0.5, 0.6) is 0 Å². The van der Waals surface area contributed by atoms with Crippen LogP contribution in [0, 0.1) is 5.92 Å². The van der Waals surface area contributed by atoms with E-state index in [9.17, 15) is 4.79 Å². The summed E-state index contributed by atoms with van der Waals surface area (Å²) < 4.78 is 0. The van der Waals surface area contributed by atoms with Crippen LogP contribution in [0.2, 0.25) is 0 Å². The van der Waals surface area contributed by atoms with Gasteiger partial charge < -0.3 is 4.90 Å². The lowest BCUT2D eigenvalue weighted by atomic mass is 9.91. The second kappa shape index (κ2) is 6.67. The number of likely N-dealkylation sites (tertiary alicyclic amines) is 1. The topological polar surface area (TPSA) is 59.0 Å². The van der Waals surface area contributed by atoms with Gasteiger partial charge in [-0.1, -0.05) is 6.07 Å². The van der Waals surface area contributed by atoms with E-state index in [2.05, 4.69) is 21.0 Å². The number of hydrogen-bond acceptors (Lipinski definition) is 4. The van der Waals surface area contributed by atoms with Crippen LogP contribution in [0.15, 0.2) is 36.9 Å². The fourth-order valence-electron chi connectivity index (χ4n) is 3.45.